The Balaban J connectivity index is 2.28. The van der Waals surface area contributed by atoms with E-state index in [9.17, 15) is 0 Å². The number of hydrazine groups is 1. The molecule has 4 nitrogen and oxygen atoms in total. The van der Waals surface area contributed by atoms with E-state index in [2.05, 4.69) is 10.4 Å². The van der Waals surface area contributed by atoms with Crippen LogP contribution < -0.4 is 11.3 Å². The van der Waals surface area contributed by atoms with E-state index in [0.717, 1.165) is 30.2 Å². The lowest BCUT2D eigenvalue weighted by atomic mass is 10.0. The summed E-state index contributed by atoms with van der Waals surface area (Å²) in [7, 11) is 0. The predicted molar refractivity (Wildman–Crippen MR) is 64.9 cm³/mol. The maximum atomic E-state index is 5.65. The van der Waals surface area contributed by atoms with Gasteiger partial charge in [0.05, 0.1) is 34.5 Å². The molecule has 0 amide bonds. The van der Waals surface area contributed by atoms with Crippen LogP contribution in [0.15, 0.2) is 11.8 Å². The van der Waals surface area contributed by atoms with Crippen molar-refractivity contribution < 1.29 is 4.74 Å². The molecule has 16 heavy (non-hydrogen) atoms. The molecule has 2 heterocycles. The Bertz CT molecular complexity index is 400. The van der Waals surface area contributed by atoms with Crippen molar-refractivity contribution in [1.29, 1.82) is 0 Å². The summed E-state index contributed by atoms with van der Waals surface area (Å²) in [5.41, 5.74) is 5.13. The van der Waals surface area contributed by atoms with Gasteiger partial charge in [0.15, 0.2) is 0 Å². The Morgan fingerprint density at radius 3 is 2.88 bits per heavy atom. The molecule has 1 unspecified atom stereocenters. The maximum absolute atomic E-state index is 5.65. The average molecular weight is 239 g/mol. The van der Waals surface area contributed by atoms with E-state index in [1.54, 1.807) is 11.3 Å². The number of nitrogens with one attached hydrogen (secondary N) is 1. The molecule has 5 heteroatoms. The summed E-state index contributed by atoms with van der Waals surface area (Å²) in [5, 5.41) is 1.07. The van der Waals surface area contributed by atoms with Gasteiger partial charge in [-0.3, -0.25) is 5.84 Å². The van der Waals surface area contributed by atoms with Crippen molar-refractivity contribution >= 4 is 11.3 Å². The van der Waals surface area contributed by atoms with Gasteiger partial charge in [-0.25, -0.2) is 10.4 Å². The summed E-state index contributed by atoms with van der Waals surface area (Å²) in [6.07, 6.45) is 3.93. The summed E-state index contributed by atoms with van der Waals surface area (Å²) in [6.45, 7) is 4.84. The first-order chi connectivity index (χ1) is 7.72. The zero-order chi connectivity index (χ0) is 11.5. The lowest BCUT2D eigenvalue weighted by Crippen LogP contribution is -2.30. The Hall–Kier alpha value is -0.910. The smallest absolute Gasteiger partial charge is 0.0900 e. The standard InChI is InChI=1S/C11H17N3OS/c1-7-11(16-8(2)13-7)10(14-12)9-4-3-5-15-6-9/h6,10,14H,3-5,12H2,1-2H3. The molecule has 0 spiro atoms. The molecule has 0 fully saturated rings. The molecule has 1 aliphatic heterocycles. The molecule has 1 aliphatic rings. The summed E-state index contributed by atoms with van der Waals surface area (Å²) in [6, 6.07) is 0.0477. The molecular formula is C11H17N3OS. The molecule has 0 saturated heterocycles. The number of thiazole rings is 1. The number of aryl methyl sites for hydroxylation is 2. The summed E-state index contributed by atoms with van der Waals surface area (Å²) >= 11 is 1.69. The third-order valence-corrected chi connectivity index (χ3v) is 3.84. The van der Waals surface area contributed by atoms with E-state index in [4.69, 9.17) is 10.6 Å². The highest BCUT2D eigenvalue weighted by molar-refractivity contribution is 7.11. The van der Waals surface area contributed by atoms with Crippen LogP contribution in [-0.2, 0) is 4.74 Å². The largest absolute Gasteiger partial charge is 0.501 e. The van der Waals surface area contributed by atoms with E-state index in [1.165, 1.54) is 10.5 Å². The van der Waals surface area contributed by atoms with Crippen LogP contribution in [0.1, 0.15) is 34.5 Å². The highest BCUT2D eigenvalue weighted by Crippen LogP contribution is 2.32. The van der Waals surface area contributed by atoms with Crippen molar-refractivity contribution in [3.63, 3.8) is 0 Å². The van der Waals surface area contributed by atoms with E-state index < -0.39 is 0 Å². The summed E-state index contributed by atoms with van der Waals surface area (Å²) < 4.78 is 5.36. The van der Waals surface area contributed by atoms with Crippen LogP contribution in [-0.4, -0.2) is 11.6 Å². The van der Waals surface area contributed by atoms with E-state index in [0.29, 0.717) is 0 Å². The molecule has 0 bridgehead atoms. The quantitative estimate of drug-likeness (QED) is 0.625. The number of hydrogen-bond donors (Lipinski definition) is 2. The van der Waals surface area contributed by atoms with Crippen molar-refractivity contribution in [2.24, 2.45) is 5.84 Å². The lowest BCUT2D eigenvalue weighted by molar-refractivity contribution is 0.219. The second-order valence-electron chi connectivity index (χ2n) is 3.95. The number of rotatable bonds is 3. The van der Waals surface area contributed by atoms with Gasteiger partial charge in [0.2, 0.25) is 0 Å². The van der Waals surface area contributed by atoms with Gasteiger partial charge >= 0.3 is 0 Å². The monoisotopic (exact) mass is 239 g/mol. The Labute approximate surface area is 99.5 Å². The second-order valence-corrected chi connectivity index (χ2v) is 5.18. The number of hydrogen-bond acceptors (Lipinski definition) is 5. The van der Waals surface area contributed by atoms with Gasteiger partial charge in [0, 0.05) is 0 Å². The third kappa shape index (κ3) is 2.26. The van der Waals surface area contributed by atoms with Gasteiger partial charge in [0.1, 0.15) is 0 Å². The zero-order valence-corrected chi connectivity index (χ0v) is 10.4. The van der Waals surface area contributed by atoms with Crippen molar-refractivity contribution in [3.05, 3.63) is 27.4 Å². The number of nitrogens with zero attached hydrogens (tertiary/aromatic N) is 1. The number of aromatic nitrogens is 1. The first kappa shape index (κ1) is 11.6. The molecule has 0 aliphatic carbocycles. The SMILES string of the molecule is Cc1nc(C)c(C(NN)C2=COCCC2)s1. The van der Waals surface area contributed by atoms with E-state index in [1.807, 2.05) is 20.1 Å². The Kier molecular flexibility index (Phi) is 3.58. The molecule has 0 aromatic carbocycles. The Morgan fingerprint density at radius 1 is 1.56 bits per heavy atom. The van der Waals surface area contributed by atoms with Crippen molar-refractivity contribution in [1.82, 2.24) is 10.4 Å². The third-order valence-electron chi connectivity index (χ3n) is 2.70. The molecule has 0 radical (unpaired) electrons. The van der Waals surface area contributed by atoms with Crippen LogP contribution in [0.4, 0.5) is 0 Å². The van der Waals surface area contributed by atoms with Gasteiger partial charge in [0.25, 0.3) is 0 Å². The van der Waals surface area contributed by atoms with Gasteiger partial charge in [-0.05, 0) is 32.3 Å². The van der Waals surface area contributed by atoms with Crippen LogP contribution in [0.2, 0.25) is 0 Å². The van der Waals surface area contributed by atoms with Crippen LogP contribution >= 0.6 is 11.3 Å². The maximum Gasteiger partial charge on any atom is 0.0900 e. The van der Waals surface area contributed by atoms with Crippen LogP contribution in [0.3, 0.4) is 0 Å². The minimum absolute atomic E-state index is 0.0477. The molecule has 1 atom stereocenters. The first-order valence-electron chi connectivity index (χ1n) is 5.43. The van der Waals surface area contributed by atoms with Gasteiger partial charge in [-0.1, -0.05) is 0 Å². The van der Waals surface area contributed by atoms with E-state index >= 15 is 0 Å². The zero-order valence-electron chi connectivity index (χ0n) is 9.62. The molecule has 2 rings (SSSR count). The molecule has 1 aromatic heterocycles. The predicted octanol–water partition coefficient (Wildman–Crippen LogP) is 1.96. The average Bonchev–Trinajstić information content (AvgIpc) is 2.61. The fourth-order valence-electron chi connectivity index (χ4n) is 1.96. The van der Waals surface area contributed by atoms with Gasteiger partial charge < -0.3 is 4.74 Å². The molecule has 0 saturated carbocycles. The van der Waals surface area contributed by atoms with Crippen molar-refractivity contribution in [2.45, 2.75) is 32.7 Å². The molecular weight excluding hydrogens is 222 g/mol. The van der Waals surface area contributed by atoms with Crippen LogP contribution in [0.25, 0.3) is 0 Å². The van der Waals surface area contributed by atoms with Gasteiger partial charge in [-0.2, -0.15) is 0 Å². The minimum Gasteiger partial charge on any atom is -0.501 e. The first-order valence-corrected chi connectivity index (χ1v) is 6.24. The summed E-state index contributed by atoms with van der Waals surface area (Å²) in [4.78, 5) is 5.62. The van der Waals surface area contributed by atoms with Crippen molar-refractivity contribution in [3.8, 4) is 0 Å². The van der Waals surface area contributed by atoms with Gasteiger partial charge in [-0.15, -0.1) is 11.3 Å². The molecule has 88 valence electrons. The number of nitrogens with two attached hydrogens (primary N) is 1. The highest BCUT2D eigenvalue weighted by atomic mass is 32.1. The topological polar surface area (TPSA) is 60.2 Å². The van der Waals surface area contributed by atoms with Crippen LogP contribution in [0.5, 0.6) is 0 Å². The lowest BCUT2D eigenvalue weighted by Gasteiger charge is -2.21. The Morgan fingerprint density at radius 2 is 2.38 bits per heavy atom. The van der Waals surface area contributed by atoms with E-state index in [-0.39, 0.29) is 6.04 Å². The molecule has 1 aromatic rings. The second kappa shape index (κ2) is 4.95. The van der Waals surface area contributed by atoms with Crippen molar-refractivity contribution in [2.75, 3.05) is 6.61 Å². The minimum atomic E-state index is 0.0477. The number of ether oxygens (including phenoxy) is 1. The fourth-order valence-corrected chi connectivity index (χ4v) is 2.99. The highest BCUT2D eigenvalue weighted by Gasteiger charge is 2.22. The summed E-state index contributed by atoms with van der Waals surface area (Å²) in [5.74, 6) is 5.65. The fraction of sp³-hybridized carbons (Fsp3) is 0.545. The normalized spacial score (nSPS) is 17.8. The van der Waals surface area contributed by atoms with Crippen LogP contribution in [0, 0.1) is 13.8 Å². The molecule has 3 N–H and O–H groups in total.